The van der Waals surface area contributed by atoms with E-state index >= 15 is 0 Å². The highest BCUT2D eigenvalue weighted by Gasteiger charge is 2.17. The van der Waals surface area contributed by atoms with E-state index in [1.54, 1.807) is 45.3 Å². The molecule has 0 fully saturated rings. The van der Waals surface area contributed by atoms with E-state index in [9.17, 15) is 13.2 Å². The molecule has 0 aliphatic rings. The molecule has 2 rings (SSSR count). The molecule has 0 saturated carbocycles. The Bertz CT molecular complexity index is 897. The second-order valence-corrected chi connectivity index (χ2v) is 8.06. The summed E-state index contributed by atoms with van der Waals surface area (Å²) in [7, 11) is -0.357. The van der Waals surface area contributed by atoms with Crippen molar-refractivity contribution in [2.45, 2.75) is 31.2 Å². The van der Waals surface area contributed by atoms with Crippen LogP contribution in [0.25, 0.3) is 0 Å². The first-order valence-electron chi connectivity index (χ1n) is 8.92. The third-order valence-corrected chi connectivity index (χ3v) is 5.89. The van der Waals surface area contributed by atoms with Crippen LogP contribution in [-0.4, -0.2) is 41.1 Å². The van der Waals surface area contributed by atoms with Gasteiger partial charge < -0.3 is 14.4 Å². The number of carbonyl (C=O) groups is 1. The average molecular weight is 407 g/mol. The number of anilines is 1. The summed E-state index contributed by atoms with van der Waals surface area (Å²) in [5.41, 5.74) is 0.686. The molecule has 0 aliphatic carbocycles. The number of nitrogens with zero attached hydrogens (tertiary/aromatic N) is 1. The van der Waals surface area contributed by atoms with E-state index in [-0.39, 0.29) is 23.5 Å². The maximum Gasteiger partial charge on any atom is 0.264 e. The molecule has 7 nitrogen and oxygen atoms in total. The number of hydrogen-bond donors (Lipinski definition) is 1. The lowest BCUT2D eigenvalue weighted by Gasteiger charge is -2.18. The van der Waals surface area contributed by atoms with Crippen LogP contribution in [0, 0.1) is 0 Å². The van der Waals surface area contributed by atoms with Crippen molar-refractivity contribution in [3.63, 3.8) is 0 Å². The van der Waals surface area contributed by atoms with Crippen LogP contribution >= 0.6 is 0 Å². The Morgan fingerprint density at radius 1 is 1.14 bits per heavy atom. The third kappa shape index (κ3) is 5.71. The summed E-state index contributed by atoms with van der Waals surface area (Å²) >= 11 is 0. The number of benzene rings is 2. The molecule has 0 heterocycles. The van der Waals surface area contributed by atoms with Crippen molar-refractivity contribution >= 4 is 21.6 Å². The number of hydrogen-bond acceptors (Lipinski definition) is 5. The van der Waals surface area contributed by atoms with Gasteiger partial charge in [-0.1, -0.05) is 13.0 Å². The number of likely N-dealkylation sites (N-methyl/N-ethyl adjacent to an activating group) is 1. The first-order chi connectivity index (χ1) is 13.3. The van der Waals surface area contributed by atoms with Gasteiger partial charge in [-0.25, -0.2) is 13.1 Å². The van der Waals surface area contributed by atoms with Crippen molar-refractivity contribution in [1.82, 2.24) is 4.72 Å². The highest BCUT2D eigenvalue weighted by atomic mass is 32.2. The molecule has 0 saturated heterocycles. The van der Waals surface area contributed by atoms with E-state index < -0.39 is 10.0 Å². The van der Waals surface area contributed by atoms with Crippen LogP contribution in [-0.2, 0) is 14.8 Å². The molecule has 28 heavy (non-hydrogen) atoms. The quantitative estimate of drug-likeness (QED) is 0.692. The van der Waals surface area contributed by atoms with Crippen molar-refractivity contribution in [2.24, 2.45) is 0 Å². The van der Waals surface area contributed by atoms with E-state index in [2.05, 4.69) is 4.72 Å². The van der Waals surface area contributed by atoms with Gasteiger partial charge in [0.05, 0.1) is 12.0 Å². The molecular weight excluding hydrogens is 380 g/mol. The molecule has 8 heteroatoms. The zero-order chi connectivity index (χ0) is 20.7. The lowest BCUT2D eigenvalue weighted by atomic mass is 10.3. The first kappa shape index (κ1) is 21.7. The standard InChI is InChI=1S/C20H26N2O5S/c1-5-15(2)21-28(24,25)19-11-9-17(10-12-19)27-14-20(23)22(3)16-7-6-8-18(13-16)26-4/h6-13,15,21H,5,14H2,1-4H3. The summed E-state index contributed by atoms with van der Waals surface area (Å²) in [5.74, 6) is 0.819. The summed E-state index contributed by atoms with van der Waals surface area (Å²) in [6.45, 7) is 3.54. The van der Waals surface area contributed by atoms with Crippen molar-refractivity contribution in [3.8, 4) is 11.5 Å². The second-order valence-electron chi connectivity index (χ2n) is 6.34. The molecule has 2 aromatic carbocycles. The molecule has 0 spiro atoms. The van der Waals surface area contributed by atoms with E-state index in [4.69, 9.17) is 9.47 Å². The zero-order valence-electron chi connectivity index (χ0n) is 16.5. The summed E-state index contributed by atoms with van der Waals surface area (Å²) < 4.78 is 37.8. The van der Waals surface area contributed by atoms with Crippen LogP contribution in [0.1, 0.15) is 20.3 Å². The Hall–Kier alpha value is -2.58. The minimum atomic E-state index is -3.57. The highest BCUT2D eigenvalue weighted by Crippen LogP contribution is 2.21. The molecule has 0 bridgehead atoms. The Morgan fingerprint density at radius 3 is 2.43 bits per heavy atom. The van der Waals surface area contributed by atoms with E-state index in [1.807, 2.05) is 6.92 Å². The van der Waals surface area contributed by atoms with Gasteiger partial charge in [-0.2, -0.15) is 0 Å². The zero-order valence-corrected chi connectivity index (χ0v) is 17.3. The maximum absolute atomic E-state index is 12.4. The number of sulfonamides is 1. The normalized spacial score (nSPS) is 12.3. The van der Waals surface area contributed by atoms with Crippen LogP contribution in [0.3, 0.4) is 0 Å². The molecule has 1 unspecified atom stereocenters. The van der Waals surface area contributed by atoms with Crippen molar-refractivity contribution < 1.29 is 22.7 Å². The van der Waals surface area contributed by atoms with Gasteiger partial charge in [0.25, 0.3) is 5.91 Å². The van der Waals surface area contributed by atoms with Crippen molar-refractivity contribution in [2.75, 3.05) is 25.7 Å². The van der Waals surface area contributed by atoms with Crippen molar-refractivity contribution in [3.05, 3.63) is 48.5 Å². The van der Waals surface area contributed by atoms with Gasteiger partial charge in [0.2, 0.25) is 10.0 Å². The smallest absolute Gasteiger partial charge is 0.264 e. The predicted molar refractivity (Wildman–Crippen MR) is 108 cm³/mol. The molecule has 0 aromatic heterocycles. The summed E-state index contributed by atoms with van der Waals surface area (Å²) in [4.78, 5) is 14.0. The minimum Gasteiger partial charge on any atom is -0.497 e. The SMILES string of the molecule is CCC(C)NS(=O)(=O)c1ccc(OCC(=O)N(C)c2cccc(OC)c2)cc1. The van der Waals surface area contributed by atoms with Gasteiger partial charge >= 0.3 is 0 Å². The van der Waals surface area contributed by atoms with E-state index in [0.717, 1.165) is 0 Å². The van der Waals surface area contributed by atoms with Gasteiger partial charge in [-0.15, -0.1) is 0 Å². The second kappa shape index (κ2) is 9.57. The Balaban J connectivity index is 1.98. The number of nitrogens with one attached hydrogen (secondary N) is 1. The summed E-state index contributed by atoms with van der Waals surface area (Å²) in [6, 6.07) is 13.0. The van der Waals surface area contributed by atoms with Gasteiger partial charge in [-0.05, 0) is 49.7 Å². The molecule has 1 atom stereocenters. The van der Waals surface area contributed by atoms with Gasteiger partial charge in [-0.3, -0.25) is 4.79 Å². The molecule has 2 aromatic rings. The lowest BCUT2D eigenvalue weighted by Crippen LogP contribution is -2.32. The number of amides is 1. The lowest BCUT2D eigenvalue weighted by molar-refractivity contribution is -0.120. The fourth-order valence-corrected chi connectivity index (χ4v) is 3.66. The van der Waals surface area contributed by atoms with Gasteiger partial charge in [0.15, 0.2) is 6.61 Å². The topological polar surface area (TPSA) is 84.9 Å². The fraction of sp³-hybridized carbons (Fsp3) is 0.350. The number of carbonyl (C=O) groups excluding carboxylic acids is 1. The number of methoxy groups -OCH3 is 1. The number of rotatable bonds is 9. The average Bonchev–Trinajstić information content (AvgIpc) is 2.71. The molecule has 0 radical (unpaired) electrons. The monoisotopic (exact) mass is 406 g/mol. The van der Waals surface area contributed by atoms with Crippen molar-refractivity contribution in [1.29, 1.82) is 0 Å². The third-order valence-electron chi connectivity index (χ3n) is 4.28. The first-order valence-corrected chi connectivity index (χ1v) is 10.4. The van der Waals surface area contributed by atoms with Gasteiger partial charge in [0.1, 0.15) is 11.5 Å². The fourth-order valence-electron chi connectivity index (χ4n) is 2.34. The maximum atomic E-state index is 12.4. The summed E-state index contributed by atoms with van der Waals surface area (Å²) in [5, 5.41) is 0. The van der Waals surface area contributed by atoms with Crippen LogP contribution in [0.5, 0.6) is 11.5 Å². The van der Waals surface area contributed by atoms with Gasteiger partial charge in [0, 0.05) is 24.8 Å². The van der Waals surface area contributed by atoms with Crippen LogP contribution < -0.4 is 19.1 Å². The van der Waals surface area contributed by atoms with E-state index in [0.29, 0.717) is 23.6 Å². The molecule has 0 aliphatic heterocycles. The van der Waals surface area contributed by atoms with Crippen LogP contribution in [0.2, 0.25) is 0 Å². The van der Waals surface area contributed by atoms with Crippen LogP contribution in [0.15, 0.2) is 53.4 Å². The minimum absolute atomic E-state index is 0.148. The van der Waals surface area contributed by atoms with E-state index in [1.165, 1.54) is 29.2 Å². The molecule has 1 amide bonds. The summed E-state index contributed by atoms with van der Waals surface area (Å²) in [6.07, 6.45) is 0.698. The molecule has 1 N–H and O–H groups in total. The Morgan fingerprint density at radius 2 is 1.82 bits per heavy atom. The Kier molecular flexibility index (Phi) is 7.42. The largest absolute Gasteiger partial charge is 0.497 e. The molecular formula is C20H26N2O5S. The van der Waals surface area contributed by atoms with Crippen LogP contribution in [0.4, 0.5) is 5.69 Å². The predicted octanol–water partition coefficient (Wildman–Crippen LogP) is 2.81. The Labute approximate surface area is 166 Å². The highest BCUT2D eigenvalue weighted by molar-refractivity contribution is 7.89. The number of ether oxygens (including phenoxy) is 2. The molecule has 152 valence electrons.